The van der Waals surface area contributed by atoms with Crippen molar-refractivity contribution in [3.05, 3.63) is 59.9 Å². The lowest BCUT2D eigenvalue weighted by atomic mass is 10.1. The fourth-order valence-corrected chi connectivity index (χ4v) is 1.95. The molecule has 0 atom stereocenters. The van der Waals surface area contributed by atoms with Gasteiger partial charge in [-0.2, -0.15) is 0 Å². The molecule has 0 unspecified atom stereocenters. The second-order valence-corrected chi connectivity index (χ2v) is 4.66. The summed E-state index contributed by atoms with van der Waals surface area (Å²) in [4.78, 5) is 18.5. The molecule has 0 radical (unpaired) electrons. The van der Waals surface area contributed by atoms with Crippen molar-refractivity contribution in [2.45, 2.75) is 6.54 Å². The number of nitrogens with zero attached hydrogens (tertiary/aromatic N) is 2. The number of ether oxygens (including phenoxy) is 1. The zero-order valence-corrected chi connectivity index (χ0v) is 13.3. The van der Waals surface area contributed by atoms with Gasteiger partial charge in [-0.15, -0.1) is 12.4 Å². The van der Waals surface area contributed by atoms with Crippen molar-refractivity contribution in [1.29, 1.82) is 0 Å². The highest BCUT2D eigenvalue weighted by atomic mass is 35.5. The highest BCUT2D eigenvalue weighted by Crippen LogP contribution is 2.11. The molecule has 2 rings (SSSR count). The number of benzene rings is 1. The third-order valence-electron chi connectivity index (χ3n) is 3.09. The van der Waals surface area contributed by atoms with Gasteiger partial charge in [0.1, 0.15) is 0 Å². The van der Waals surface area contributed by atoms with Crippen molar-refractivity contribution < 1.29 is 9.53 Å². The summed E-state index contributed by atoms with van der Waals surface area (Å²) in [6.07, 6.45) is 1.72. The summed E-state index contributed by atoms with van der Waals surface area (Å²) in [5.74, 6) is -0.0577. The molecule has 2 aromatic rings. The number of hydrogen-bond donors (Lipinski definition) is 1. The Bertz CT molecular complexity index is 576. The Hall–Kier alpha value is -2.11. The van der Waals surface area contributed by atoms with Gasteiger partial charge in [-0.25, -0.2) is 0 Å². The lowest BCUT2D eigenvalue weighted by molar-refractivity contribution is 0.0678. The van der Waals surface area contributed by atoms with Crippen LogP contribution < -0.4 is 5.73 Å². The Morgan fingerprint density at radius 2 is 1.95 bits per heavy atom. The molecule has 0 aliphatic heterocycles. The van der Waals surface area contributed by atoms with Crippen LogP contribution in [0.3, 0.4) is 0 Å². The van der Waals surface area contributed by atoms with E-state index in [-0.39, 0.29) is 18.3 Å². The van der Waals surface area contributed by atoms with Crippen molar-refractivity contribution in [1.82, 2.24) is 9.88 Å². The van der Waals surface area contributed by atoms with E-state index in [1.54, 1.807) is 42.5 Å². The second-order valence-electron chi connectivity index (χ2n) is 4.66. The average Bonchev–Trinajstić information content (AvgIpc) is 2.52. The minimum absolute atomic E-state index is 0. The summed E-state index contributed by atoms with van der Waals surface area (Å²) in [6.45, 7) is 1.44. The topological polar surface area (TPSA) is 68.5 Å². The molecule has 1 heterocycles. The molecule has 6 heteroatoms. The van der Waals surface area contributed by atoms with E-state index in [1.807, 2.05) is 18.2 Å². The smallest absolute Gasteiger partial charge is 0.254 e. The number of hydrogen-bond acceptors (Lipinski definition) is 4. The van der Waals surface area contributed by atoms with Gasteiger partial charge in [0.15, 0.2) is 0 Å². The zero-order chi connectivity index (χ0) is 15.1. The maximum absolute atomic E-state index is 12.6. The molecular weight excluding hydrogens is 302 g/mol. The van der Waals surface area contributed by atoms with E-state index in [2.05, 4.69) is 4.98 Å². The highest BCUT2D eigenvalue weighted by molar-refractivity contribution is 5.94. The van der Waals surface area contributed by atoms with Crippen LogP contribution in [0.4, 0.5) is 5.69 Å². The maximum Gasteiger partial charge on any atom is 0.254 e. The van der Waals surface area contributed by atoms with Crippen molar-refractivity contribution in [2.24, 2.45) is 0 Å². The predicted octanol–water partition coefficient (Wildman–Crippen LogP) is 2.37. The monoisotopic (exact) mass is 321 g/mol. The Balaban J connectivity index is 0.00000242. The fraction of sp³-hybridized carbons (Fsp3) is 0.250. The molecule has 118 valence electrons. The number of carbonyl (C=O) groups excluding carboxylic acids is 1. The summed E-state index contributed by atoms with van der Waals surface area (Å²) in [6, 6.07) is 12.6. The Morgan fingerprint density at radius 1 is 1.23 bits per heavy atom. The van der Waals surface area contributed by atoms with Gasteiger partial charge in [0, 0.05) is 31.1 Å². The van der Waals surface area contributed by atoms with Gasteiger partial charge in [-0.1, -0.05) is 6.07 Å². The first kappa shape index (κ1) is 17.9. The van der Waals surface area contributed by atoms with E-state index in [9.17, 15) is 4.79 Å². The second kappa shape index (κ2) is 9.02. The molecule has 5 nitrogen and oxygen atoms in total. The lowest BCUT2D eigenvalue weighted by Gasteiger charge is -2.22. The average molecular weight is 322 g/mol. The van der Waals surface area contributed by atoms with Crippen LogP contribution in [0.15, 0.2) is 48.7 Å². The molecule has 0 fully saturated rings. The molecule has 1 aromatic heterocycles. The quantitative estimate of drug-likeness (QED) is 0.829. The van der Waals surface area contributed by atoms with Crippen LogP contribution in [0.25, 0.3) is 0 Å². The number of aromatic nitrogens is 1. The predicted molar refractivity (Wildman–Crippen MR) is 89.0 cm³/mol. The zero-order valence-electron chi connectivity index (χ0n) is 12.4. The van der Waals surface area contributed by atoms with Gasteiger partial charge < -0.3 is 15.4 Å². The number of rotatable bonds is 6. The molecule has 1 amide bonds. The molecule has 0 saturated heterocycles. The van der Waals surface area contributed by atoms with E-state index >= 15 is 0 Å². The van der Waals surface area contributed by atoms with Crippen molar-refractivity contribution >= 4 is 24.0 Å². The van der Waals surface area contributed by atoms with Crippen LogP contribution in [0.5, 0.6) is 0 Å². The summed E-state index contributed by atoms with van der Waals surface area (Å²) in [5, 5.41) is 0. The van der Waals surface area contributed by atoms with Gasteiger partial charge >= 0.3 is 0 Å². The third-order valence-corrected chi connectivity index (χ3v) is 3.09. The number of halogens is 1. The molecule has 0 bridgehead atoms. The van der Waals surface area contributed by atoms with E-state index in [0.29, 0.717) is 30.9 Å². The fourth-order valence-electron chi connectivity index (χ4n) is 1.95. The minimum Gasteiger partial charge on any atom is -0.399 e. The van der Waals surface area contributed by atoms with Crippen molar-refractivity contribution in [3.8, 4) is 0 Å². The van der Waals surface area contributed by atoms with Gasteiger partial charge in [-0.3, -0.25) is 9.78 Å². The summed E-state index contributed by atoms with van der Waals surface area (Å²) >= 11 is 0. The van der Waals surface area contributed by atoms with Gasteiger partial charge in [0.25, 0.3) is 5.91 Å². The summed E-state index contributed by atoms with van der Waals surface area (Å²) in [7, 11) is 1.62. The van der Waals surface area contributed by atoms with Crippen LogP contribution in [0.1, 0.15) is 16.1 Å². The van der Waals surface area contributed by atoms with Gasteiger partial charge in [0.2, 0.25) is 0 Å². The number of amides is 1. The third kappa shape index (κ3) is 5.02. The Kier molecular flexibility index (Phi) is 7.36. The van der Waals surface area contributed by atoms with Crippen LogP contribution >= 0.6 is 12.4 Å². The van der Waals surface area contributed by atoms with Gasteiger partial charge in [0.05, 0.1) is 18.8 Å². The number of nitrogens with two attached hydrogens (primary N) is 1. The standard InChI is InChI=1S/C16H19N3O2.ClH/c1-21-11-10-19(12-15-4-2-3-9-18-15)16(20)13-5-7-14(17)8-6-13;/h2-9H,10-12,17H2,1H3;1H. The SMILES string of the molecule is COCCN(Cc1ccccn1)C(=O)c1ccc(N)cc1.Cl. The number of methoxy groups -OCH3 is 1. The largest absolute Gasteiger partial charge is 0.399 e. The summed E-state index contributed by atoms with van der Waals surface area (Å²) in [5.41, 5.74) is 7.74. The molecule has 0 spiro atoms. The van der Waals surface area contributed by atoms with Crippen molar-refractivity contribution in [3.63, 3.8) is 0 Å². The van der Waals surface area contributed by atoms with Crippen molar-refractivity contribution in [2.75, 3.05) is 26.0 Å². The summed E-state index contributed by atoms with van der Waals surface area (Å²) < 4.78 is 5.08. The Labute approximate surface area is 136 Å². The highest BCUT2D eigenvalue weighted by Gasteiger charge is 2.16. The van der Waals surface area contributed by atoms with Crippen LogP contribution in [0.2, 0.25) is 0 Å². The first-order chi connectivity index (χ1) is 10.2. The molecule has 2 N–H and O–H groups in total. The van der Waals surface area contributed by atoms with Gasteiger partial charge in [-0.05, 0) is 36.4 Å². The normalized spacial score (nSPS) is 9.86. The first-order valence-corrected chi connectivity index (χ1v) is 6.74. The van der Waals surface area contributed by atoms with E-state index < -0.39 is 0 Å². The number of nitrogen functional groups attached to an aromatic ring is 1. The maximum atomic E-state index is 12.6. The van der Waals surface area contributed by atoms with Crippen LogP contribution in [-0.2, 0) is 11.3 Å². The lowest BCUT2D eigenvalue weighted by Crippen LogP contribution is -2.33. The number of carbonyl (C=O) groups is 1. The molecule has 0 aliphatic rings. The van der Waals surface area contributed by atoms with Crippen LogP contribution in [0, 0.1) is 0 Å². The number of pyridine rings is 1. The number of anilines is 1. The van der Waals surface area contributed by atoms with E-state index in [0.717, 1.165) is 5.69 Å². The Morgan fingerprint density at radius 3 is 2.55 bits per heavy atom. The molecule has 0 saturated carbocycles. The van der Waals surface area contributed by atoms with E-state index in [4.69, 9.17) is 10.5 Å². The molecule has 22 heavy (non-hydrogen) atoms. The molecular formula is C16H20ClN3O2. The minimum atomic E-state index is -0.0577. The first-order valence-electron chi connectivity index (χ1n) is 6.74. The molecule has 1 aromatic carbocycles. The molecule has 0 aliphatic carbocycles. The van der Waals surface area contributed by atoms with Crippen LogP contribution in [-0.4, -0.2) is 36.1 Å². The van der Waals surface area contributed by atoms with E-state index in [1.165, 1.54) is 0 Å².